The Labute approximate surface area is 194 Å². The van der Waals surface area contributed by atoms with Crippen molar-refractivity contribution >= 4 is 21.6 Å². The summed E-state index contributed by atoms with van der Waals surface area (Å²) >= 11 is 0. The minimum absolute atomic E-state index is 0.144. The number of carbonyl (C=O) groups is 1. The van der Waals surface area contributed by atoms with Gasteiger partial charge in [0.05, 0.1) is 18.1 Å². The molecule has 8 heteroatoms. The van der Waals surface area contributed by atoms with Crippen LogP contribution in [0.5, 0.6) is 5.75 Å². The molecule has 1 saturated heterocycles. The van der Waals surface area contributed by atoms with E-state index in [2.05, 4.69) is 5.32 Å². The molecule has 1 heterocycles. The number of anilines is 1. The van der Waals surface area contributed by atoms with E-state index in [1.54, 1.807) is 36.4 Å². The quantitative estimate of drug-likeness (QED) is 0.572. The van der Waals surface area contributed by atoms with Crippen LogP contribution in [-0.4, -0.2) is 44.9 Å². The molecule has 0 unspecified atom stereocenters. The molecule has 0 radical (unpaired) electrons. The smallest absolute Gasteiger partial charge is 0.255 e. The minimum atomic E-state index is -3.66. The van der Waals surface area contributed by atoms with Gasteiger partial charge >= 0.3 is 0 Å². The number of hydrogen-bond donors (Lipinski definition) is 1. The molecule has 1 amide bonds. The molecule has 0 spiro atoms. The second kappa shape index (κ2) is 10.2. The maximum absolute atomic E-state index is 13.0. The van der Waals surface area contributed by atoms with Crippen molar-refractivity contribution in [2.24, 2.45) is 0 Å². The van der Waals surface area contributed by atoms with Crippen LogP contribution in [0.15, 0.2) is 77.7 Å². The average molecular weight is 467 g/mol. The van der Waals surface area contributed by atoms with E-state index in [0.717, 1.165) is 11.1 Å². The van der Waals surface area contributed by atoms with Crippen LogP contribution in [0.2, 0.25) is 0 Å². The van der Waals surface area contributed by atoms with Gasteiger partial charge in [-0.1, -0.05) is 42.5 Å². The maximum atomic E-state index is 13.0. The fourth-order valence-corrected chi connectivity index (χ4v) is 4.93. The molecule has 1 fully saturated rings. The minimum Gasteiger partial charge on any atom is -0.489 e. The summed E-state index contributed by atoms with van der Waals surface area (Å²) in [5.74, 6) is 0.232. The lowest BCUT2D eigenvalue weighted by Crippen LogP contribution is -2.40. The molecule has 0 aromatic heterocycles. The van der Waals surface area contributed by atoms with Gasteiger partial charge in [0.2, 0.25) is 10.0 Å². The highest BCUT2D eigenvalue weighted by Crippen LogP contribution is 2.25. The third-order valence-electron chi connectivity index (χ3n) is 5.41. The zero-order valence-corrected chi connectivity index (χ0v) is 19.2. The van der Waals surface area contributed by atoms with Gasteiger partial charge in [0.25, 0.3) is 5.91 Å². The third kappa shape index (κ3) is 5.60. The van der Waals surface area contributed by atoms with E-state index in [-0.39, 0.29) is 10.8 Å². The number of ether oxygens (including phenoxy) is 2. The zero-order chi connectivity index (χ0) is 23.3. The van der Waals surface area contributed by atoms with E-state index in [4.69, 9.17) is 9.47 Å². The van der Waals surface area contributed by atoms with Gasteiger partial charge in [0.15, 0.2) is 0 Å². The van der Waals surface area contributed by atoms with E-state index in [1.165, 1.54) is 10.4 Å². The predicted molar refractivity (Wildman–Crippen MR) is 126 cm³/mol. The fraction of sp³-hybridized carbons (Fsp3) is 0.240. The summed E-state index contributed by atoms with van der Waals surface area (Å²) in [5, 5.41) is 2.84. The van der Waals surface area contributed by atoms with Crippen LogP contribution < -0.4 is 10.1 Å². The van der Waals surface area contributed by atoms with Crippen molar-refractivity contribution in [2.45, 2.75) is 18.4 Å². The second-order valence-electron chi connectivity index (χ2n) is 7.75. The van der Waals surface area contributed by atoms with Gasteiger partial charge in [0.1, 0.15) is 12.4 Å². The van der Waals surface area contributed by atoms with Crippen LogP contribution in [0.25, 0.3) is 0 Å². The maximum Gasteiger partial charge on any atom is 0.255 e. The van der Waals surface area contributed by atoms with Gasteiger partial charge in [-0.25, -0.2) is 8.42 Å². The van der Waals surface area contributed by atoms with Crippen molar-refractivity contribution in [3.8, 4) is 5.75 Å². The largest absolute Gasteiger partial charge is 0.489 e. The van der Waals surface area contributed by atoms with Crippen molar-refractivity contribution in [1.82, 2.24) is 4.31 Å². The summed E-state index contributed by atoms with van der Waals surface area (Å²) in [4.78, 5) is 13.1. The van der Waals surface area contributed by atoms with Crippen molar-refractivity contribution in [3.63, 3.8) is 0 Å². The molecule has 0 atom stereocenters. The molecule has 1 N–H and O–H groups in total. The lowest BCUT2D eigenvalue weighted by Gasteiger charge is -2.26. The Morgan fingerprint density at radius 3 is 2.52 bits per heavy atom. The Hall–Kier alpha value is -3.20. The molecule has 7 nitrogen and oxygen atoms in total. The highest BCUT2D eigenvalue weighted by Gasteiger charge is 2.27. The summed E-state index contributed by atoms with van der Waals surface area (Å²) in [6.07, 6.45) is 0. The molecule has 0 bridgehead atoms. The van der Waals surface area contributed by atoms with Crippen LogP contribution in [-0.2, 0) is 21.4 Å². The monoisotopic (exact) mass is 466 g/mol. The van der Waals surface area contributed by atoms with Crippen LogP contribution in [0, 0.1) is 6.92 Å². The number of sulfonamides is 1. The summed E-state index contributed by atoms with van der Waals surface area (Å²) in [6, 6.07) is 21.4. The normalized spacial score (nSPS) is 14.6. The number of carbonyl (C=O) groups excluding carboxylic acids is 1. The van der Waals surface area contributed by atoms with Gasteiger partial charge in [-0.2, -0.15) is 4.31 Å². The lowest BCUT2D eigenvalue weighted by molar-refractivity contribution is 0.0730. The van der Waals surface area contributed by atoms with E-state index < -0.39 is 10.0 Å². The Morgan fingerprint density at radius 1 is 1.00 bits per heavy atom. The SMILES string of the molecule is Cc1ccc(S(=O)(=O)N2CCOCC2)cc1NC(=O)c1cccc(OCc2ccccc2)c1. The molecule has 3 aromatic rings. The first kappa shape index (κ1) is 23.0. The van der Waals surface area contributed by atoms with Crippen molar-refractivity contribution in [1.29, 1.82) is 0 Å². The van der Waals surface area contributed by atoms with E-state index >= 15 is 0 Å². The highest BCUT2D eigenvalue weighted by molar-refractivity contribution is 7.89. The lowest BCUT2D eigenvalue weighted by atomic mass is 10.1. The summed E-state index contributed by atoms with van der Waals surface area (Å²) in [7, 11) is -3.66. The first-order valence-corrected chi connectivity index (χ1v) is 12.1. The molecule has 0 saturated carbocycles. The van der Waals surface area contributed by atoms with Crippen molar-refractivity contribution < 1.29 is 22.7 Å². The number of benzene rings is 3. The standard InChI is InChI=1S/C25H26N2O5S/c1-19-10-11-23(33(29,30)27-12-14-31-15-13-27)17-24(19)26-25(28)21-8-5-9-22(16-21)32-18-20-6-3-2-4-7-20/h2-11,16-17H,12-15,18H2,1H3,(H,26,28). The number of morpholine rings is 1. The molecule has 1 aliphatic heterocycles. The van der Waals surface area contributed by atoms with Gasteiger partial charge in [-0.05, 0) is 48.4 Å². The summed E-state index contributed by atoms with van der Waals surface area (Å²) < 4.78 is 38.4. The molecule has 0 aliphatic carbocycles. The predicted octanol–water partition coefficient (Wildman–Crippen LogP) is 3.85. The van der Waals surface area contributed by atoms with Crippen molar-refractivity contribution in [2.75, 3.05) is 31.6 Å². The fourth-order valence-electron chi connectivity index (χ4n) is 3.49. The Bertz CT molecular complexity index is 1220. The van der Waals surface area contributed by atoms with Crippen LogP contribution in [0.1, 0.15) is 21.5 Å². The number of hydrogen-bond acceptors (Lipinski definition) is 5. The topological polar surface area (TPSA) is 84.9 Å². The number of amides is 1. The number of nitrogens with one attached hydrogen (secondary N) is 1. The molecule has 172 valence electrons. The summed E-state index contributed by atoms with van der Waals surface area (Å²) in [6.45, 7) is 3.59. The highest BCUT2D eigenvalue weighted by atomic mass is 32.2. The van der Waals surface area contributed by atoms with Gasteiger partial charge in [-0.15, -0.1) is 0 Å². The van der Waals surface area contributed by atoms with E-state index in [1.807, 2.05) is 37.3 Å². The van der Waals surface area contributed by atoms with Crippen LogP contribution in [0.3, 0.4) is 0 Å². The first-order valence-electron chi connectivity index (χ1n) is 10.7. The Balaban J connectivity index is 1.48. The van der Waals surface area contributed by atoms with Gasteiger partial charge in [0, 0.05) is 24.3 Å². The average Bonchev–Trinajstić information content (AvgIpc) is 2.85. The zero-order valence-electron chi connectivity index (χ0n) is 18.4. The summed E-state index contributed by atoms with van der Waals surface area (Å²) in [5.41, 5.74) is 2.66. The molecular weight excluding hydrogens is 440 g/mol. The van der Waals surface area contributed by atoms with E-state index in [9.17, 15) is 13.2 Å². The van der Waals surface area contributed by atoms with Crippen LogP contribution in [0.4, 0.5) is 5.69 Å². The number of rotatable bonds is 7. The van der Waals surface area contributed by atoms with E-state index in [0.29, 0.717) is 49.9 Å². The third-order valence-corrected chi connectivity index (χ3v) is 7.30. The molecule has 33 heavy (non-hydrogen) atoms. The van der Waals surface area contributed by atoms with Crippen LogP contribution >= 0.6 is 0 Å². The molecule has 4 rings (SSSR count). The molecule has 1 aliphatic rings. The van der Waals surface area contributed by atoms with Crippen molar-refractivity contribution in [3.05, 3.63) is 89.5 Å². The Kier molecular flexibility index (Phi) is 7.08. The van der Waals surface area contributed by atoms with Gasteiger partial charge < -0.3 is 14.8 Å². The Morgan fingerprint density at radius 2 is 1.76 bits per heavy atom. The number of aryl methyl sites for hydroxylation is 1. The number of nitrogens with zero attached hydrogens (tertiary/aromatic N) is 1. The molecule has 3 aromatic carbocycles. The molecular formula is C25H26N2O5S. The van der Waals surface area contributed by atoms with Gasteiger partial charge in [-0.3, -0.25) is 4.79 Å². The first-order chi connectivity index (χ1) is 15.9. The second-order valence-corrected chi connectivity index (χ2v) is 9.69.